The van der Waals surface area contributed by atoms with Crippen LogP contribution in [0.4, 0.5) is 0 Å². The lowest BCUT2D eigenvalue weighted by atomic mass is 10.9. The molecule has 0 aromatic carbocycles. The molecular weight excluding hydrogens is 114 g/mol. The van der Waals surface area contributed by atoms with Gasteiger partial charge in [-0.05, 0) is 0 Å². The van der Waals surface area contributed by atoms with E-state index in [2.05, 4.69) is 9.47 Å². The third-order valence-electron chi connectivity index (χ3n) is 0.639. The summed E-state index contributed by atoms with van der Waals surface area (Å²) in [6.45, 7) is -0.0453. The number of ether oxygens (including phenoxy) is 2. The van der Waals surface area contributed by atoms with E-state index in [0.717, 1.165) is 6.26 Å². The molecule has 0 bridgehead atoms. The molecule has 0 unspecified atom stereocenters. The maximum Gasteiger partial charge on any atom is 0.466 e. The second-order valence-electron chi connectivity index (χ2n) is 1.14. The maximum atomic E-state index is 9.73. The smallest absolute Gasteiger partial charge is 0.454 e. The van der Waals surface area contributed by atoms with Crippen LogP contribution >= 0.6 is 0 Å². The largest absolute Gasteiger partial charge is 0.466 e. The molecule has 1 aliphatic heterocycles. The second kappa shape index (κ2) is 1.69. The van der Waals surface area contributed by atoms with E-state index in [1.54, 1.807) is 0 Å². The molecule has 1 heterocycles. The summed E-state index contributed by atoms with van der Waals surface area (Å²) in [7, 11) is 0. The number of nitrogens with zero attached hydrogens (tertiary/aromatic N) is 1. The minimum Gasteiger partial charge on any atom is -0.454 e. The normalized spacial score (nSPS) is 16.2. The standard InChI is InChI=1S/C3H3NO4/c5-4(6)3-1-7-2-8-3/h1H,2H2. The van der Waals surface area contributed by atoms with Gasteiger partial charge in [0, 0.05) is 0 Å². The molecule has 5 nitrogen and oxygen atoms in total. The van der Waals surface area contributed by atoms with Crippen LogP contribution in [0.3, 0.4) is 0 Å². The molecule has 0 aromatic heterocycles. The summed E-state index contributed by atoms with van der Waals surface area (Å²) >= 11 is 0. The van der Waals surface area contributed by atoms with Gasteiger partial charge >= 0.3 is 5.88 Å². The van der Waals surface area contributed by atoms with Gasteiger partial charge in [0.1, 0.15) is 4.92 Å². The molecule has 0 saturated heterocycles. The van der Waals surface area contributed by atoms with E-state index in [1.807, 2.05) is 0 Å². The van der Waals surface area contributed by atoms with Crippen LogP contribution in [0.5, 0.6) is 0 Å². The van der Waals surface area contributed by atoms with Gasteiger partial charge in [-0.2, -0.15) is 0 Å². The van der Waals surface area contributed by atoms with Gasteiger partial charge in [-0.25, -0.2) is 0 Å². The minimum absolute atomic E-state index is 0.0453. The van der Waals surface area contributed by atoms with Gasteiger partial charge in [-0.1, -0.05) is 0 Å². The van der Waals surface area contributed by atoms with Crippen LogP contribution < -0.4 is 0 Å². The van der Waals surface area contributed by atoms with Crippen molar-refractivity contribution in [2.45, 2.75) is 0 Å². The topological polar surface area (TPSA) is 61.6 Å². The Balaban J connectivity index is 2.57. The first-order chi connectivity index (χ1) is 3.80. The Hall–Kier alpha value is -1.26. The SMILES string of the molecule is O=[N+]([O-])C1=COCO1. The van der Waals surface area contributed by atoms with Crippen molar-refractivity contribution < 1.29 is 14.4 Å². The lowest BCUT2D eigenvalue weighted by Crippen LogP contribution is -1.97. The Morgan fingerprint density at radius 2 is 2.62 bits per heavy atom. The van der Waals surface area contributed by atoms with Gasteiger partial charge in [-0.3, -0.25) is 10.1 Å². The van der Waals surface area contributed by atoms with Crippen molar-refractivity contribution in [3.05, 3.63) is 22.3 Å². The van der Waals surface area contributed by atoms with Crippen LogP contribution in [0.15, 0.2) is 12.1 Å². The van der Waals surface area contributed by atoms with Gasteiger partial charge in [0.25, 0.3) is 0 Å². The fraction of sp³-hybridized carbons (Fsp3) is 0.333. The fourth-order valence-corrected chi connectivity index (χ4v) is 0.329. The summed E-state index contributed by atoms with van der Waals surface area (Å²) in [5, 5.41) is 9.73. The highest BCUT2D eigenvalue weighted by Crippen LogP contribution is 2.04. The lowest BCUT2D eigenvalue weighted by molar-refractivity contribution is -0.461. The van der Waals surface area contributed by atoms with E-state index < -0.39 is 4.92 Å². The average molecular weight is 117 g/mol. The summed E-state index contributed by atoms with van der Waals surface area (Å²) in [4.78, 5) is 9.09. The highest BCUT2D eigenvalue weighted by Gasteiger charge is 2.17. The van der Waals surface area contributed by atoms with Gasteiger partial charge in [0.05, 0.1) is 0 Å². The fourth-order valence-electron chi connectivity index (χ4n) is 0.329. The van der Waals surface area contributed by atoms with E-state index in [-0.39, 0.29) is 12.7 Å². The van der Waals surface area contributed by atoms with Crippen molar-refractivity contribution in [2.24, 2.45) is 0 Å². The highest BCUT2D eigenvalue weighted by molar-refractivity contribution is 4.76. The summed E-state index contributed by atoms with van der Waals surface area (Å²) in [5.74, 6) is -0.329. The Morgan fingerprint density at radius 3 is 2.88 bits per heavy atom. The third kappa shape index (κ3) is 0.699. The molecule has 1 rings (SSSR count). The molecule has 0 N–H and O–H groups in total. The molecule has 0 fully saturated rings. The number of rotatable bonds is 1. The Labute approximate surface area is 44.7 Å². The molecule has 0 atom stereocenters. The van der Waals surface area contributed by atoms with Crippen LogP contribution in [-0.2, 0) is 9.47 Å². The molecule has 8 heavy (non-hydrogen) atoms. The predicted molar refractivity (Wildman–Crippen MR) is 22.1 cm³/mol. The van der Waals surface area contributed by atoms with Gasteiger partial charge in [0.2, 0.25) is 13.1 Å². The second-order valence-corrected chi connectivity index (χ2v) is 1.14. The first-order valence-corrected chi connectivity index (χ1v) is 1.89. The Kier molecular flexibility index (Phi) is 1.03. The van der Waals surface area contributed by atoms with Crippen molar-refractivity contribution in [3.63, 3.8) is 0 Å². The van der Waals surface area contributed by atoms with E-state index in [9.17, 15) is 10.1 Å². The molecule has 1 aliphatic rings. The number of hydrogen-bond acceptors (Lipinski definition) is 4. The minimum atomic E-state index is -0.646. The molecule has 44 valence electrons. The van der Waals surface area contributed by atoms with Crippen LogP contribution in [0, 0.1) is 10.1 Å². The molecule has 5 heteroatoms. The van der Waals surface area contributed by atoms with Crippen LogP contribution in [0.1, 0.15) is 0 Å². The van der Waals surface area contributed by atoms with Crippen molar-refractivity contribution >= 4 is 0 Å². The first kappa shape index (κ1) is 4.89. The third-order valence-corrected chi connectivity index (χ3v) is 0.639. The molecule has 0 saturated carbocycles. The first-order valence-electron chi connectivity index (χ1n) is 1.89. The van der Waals surface area contributed by atoms with Crippen LogP contribution in [0.25, 0.3) is 0 Å². The van der Waals surface area contributed by atoms with Crippen molar-refractivity contribution in [1.29, 1.82) is 0 Å². The Bertz CT molecular complexity index is 140. The van der Waals surface area contributed by atoms with Crippen molar-refractivity contribution in [1.82, 2.24) is 0 Å². The maximum absolute atomic E-state index is 9.73. The van der Waals surface area contributed by atoms with E-state index in [0.29, 0.717) is 0 Å². The molecule has 0 amide bonds. The summed E-state index contributed by atoms with van der Waals surface area (Å²) in [6.07, 6.45) is 0.972. The Morgan fingerprint density at radius 1 is 1.88 bits per heavy atom. The average Bonchev–Trinajstić information content (AvgIpc) is 2.12. The van der Waals surface area contributed by atoms with E-state index >= 15 is 0 Å². The summed E-state index contributed by atoms with van der Waals surface area (Å²) < 4.78 is 8.75. The van der Waals surface area contributed by atoms with Crippen LogP contribution in [0.2, 0.25) is 0 Å². The van der Waals surface area contributed by atoms with Gasteiger partial charge in [-0.15, -0.1) is 0 Å². The molecule has 0 radical (unpaired) electrons. The molecule has 0 aliphatic carbocycles. The van der Waals surface area contributed by atoms with Crippen LogP contribution in [-0.4, -0.2) is 11.7 Å². The van der Waals surface area contributed by atoms with Crippen molar-refractivity contribution in [3.8, 4) is 0 Å². The monoisotopic (exact) mass is 117 g/mol. The summed E-state index contributed by atoms with van der Waals surface area (Å²) in [6, 6.07) is 0. The lowest BCUT2D eigenvalue weighted by Gasteiger charge is -1.86. The zero-order chi connectivity index (χ0) is 5.98. The van der Waals surface area contributed by atoms with E-state index in [1.165, 1.54) is 0 Å². The predicted octanol–water partition coefficient (Wildman–Crippen LogP) is 0.0663. The van der Waals surface area contributed by atoms with Gasteiger partial charge in [0.15, 0.2) is 0 Å². The molecular formula is C3H3NO4. The van der Waals surface area contributed by atoms with Crippen molar-refractivity contribution in [2.75, 3.05) is 6.79 Å². The molecule has 0 aromatic rings. The van der Waals surface area contributed by atoms with Gasteiger partial charge < -0.3 is 9.47 Å². The zero-order valence-corrected chi connectivity index (χ0v) is 3.86. The van der Waals surface area contributed by atoms with E-state index in [4.69, 9.17) is 0 Å². The number of hydrogen-bond donors (Lipinski definition) is 0. The molecule has 0 spiro atoms. The summed E-state index contributed by atoms with van der Waals surface area (Å²) in [5.41, 5.74) is 0. The zero-order valence-electron chi connectivity index (χ0n) is 3.86. The highest BCUT2D eigenvalue weighted by atomic mass is 16.7. The number of nitro groups is 1. The quantitative estimate of drug-likeness (QED) is 0.360.